The molecule has 0 amide bonds. The Hall–Kier alpha value is -2.14. The topological polar surface area (TPSA) is 84.1 Å². The fraction of sp³-hybridized carbons (Fsp3) is 0.412. The number of nitrogens with two attached hydrogens (primary N) is 1. The van der Waals surface area contributed by atoms with E-state index in [1.165, 1.54) is 0 Å². The number of anilines is 1. The monoisotopic (exact) mass is 300 g/mol. The molecule has 0 aliphatic carbocycles. The van der Waals surface area contributed by atoms with E-state index in [0.717, 1.165) is 17.8 Å². The van der Waals surface area contributed by atoms with E-state index < -0.39 is 0 Å². The Labute approximate surface area is 131 Å². The van der Waals surface area contributed by atoms with Crippen LogP contribution in [0.1, 0.15) is 25.8 Å². The van der Waals surface area contributed by atoms with Crippen LogP contribution in [-0.4, -0.2) is 27.7 Å². The SMILES string of the molecule is Cc1cnc(-c2ccccc2O)nc1NCC(N)CC(C)C. The van der Waals surface area contributed by atoms with Gasteiger partial charge in [-0.2, -0.15) is 0 Å². The first-order valence-electron chi connectivity index (χ1n) is 7.58. The number of rotatable bonds is 6. The number of nitrogens with zero attached hydrogens (tertiary/aromatic N) is 2. The van der Waals surface area contributed by atoms with E-state index in [2.05, 4.69) is 29.1 Å². The van der Waals surface area contributed by atoms with Gasteiger partial charge >= 0.3 is 0 Å². The Balaban J connectivity index is 2.16. The van der Waals surface area contributed by atoms with Crippen LogP contribution < -0.4 is 11.1 Å². The Kier molecular flexibility index (Phi) is 5.33. The Morgan fingerprint density at radius 2 is 2.00 bits per heavy atom. The van der Waals surface area contributed by atoms with Crippen molar-refractivity contribution >= 4 is 5.82 Å². The van der Waals surface area contributed by atoms with Crippen molar-refractivity contribution in [3.63, 3.8) is 0 Å². The van der Waals surface area contributed by atoms with E-state index in [-0.39, 0.29) is 11.8 Å². The minimum Gasteiger partial charge on any atom is -0.507 e. The molecule has 0 radical (unpaired) electrons. The largest absolute Gasteiger partial charge is 0.507 e. The molecule has 0 fully saturated rings. The second kappa shape index (κ2) is 7.22. The summed E-state index contributed by atoms with van der Waals surface area (Å²) in [5.74, 6) is 2.00. The summed E-state index contributed by atoms with van der Waals surface area (Å²) < 4.78 is 0. The number of aryl methyl sites for hydroxylation is 1. The minimum absolute atomic E-state index is 0.0861. The zero-order valence-electron chi connectivity index (χ0n) is 13.4. The smallest absolute Gasteiger partial charge is 0.165 e. The van der Waals surface area contributed by atoms with Crippen LogP contribution in [0.4, 0.5) is 5.82 Å². The maximum absolute atomic E-state index is 9.92. The molecule has 1 aromatic carbocycles. The summed E-state index contributed by atoms with van der Waals surface area (Å²) in [5, 5.41) is 13.2. The number of phenolic OH excluding ortho intramolecular Hbond substituents is 1. The molecular weight excluding hydrogens is 276 g/mol. The second-order valence-electron chi connectivity index (χ2n) is 6.01. The van der Waals surface area contributed by atoms with Crippen LogP contribution in [0.5, 0.6) is 5.75 Å². The van der Waals surface area contributed by atoms with Crippen molar-refractivity contribution in [3.05, 3.63) is 36.0 Å². The van der Waals surface area contributed by atoms with Gasteiger partial charge in [0.1, 0.15) is 11.6 Å². The highest BCUT2D eigenvalue weighted by Crippen LogP contribution is 2.26. The minimum atomic E-state index is 0.0861. The number of phenols is 1. The number of nitrogens with one attached hydrogen (secondary N) is 1. The first-order chi connectivity index (χ1) is 10.5. The van der Waals surface area contributed by atoms with Crippen molar-refractivity contribution in [1.82, 2.24) is 9.97 Å². The van der Waals surface area contributed by atoms with Crippen molar-refractivity contribution in [1.29, 1.82) is 0 Å². The van der Waals surface area contributed by atoms with E-state index in [4.69, 9.17) is 5.73 Å². The molecule has 118 valence electrons. The molecule has 5 nitrogen and oxygen atoms in total. The van der Waals surface area contributed by atoms with Gasteiger partial charge in [-0.3, -0.25) is 0 Å². The summed E-state index contributed by atoms with van der Waals surface area (Å²) in [4.78, 5) is 8.82. The molecule has 0 saturated carbocycles. The lowest BCUT2D eigenvalue weighted by atomic mass is 10.0. The van der Waals surface area contributed by atoms with Crippen molar-refractivity contribution < 1.29 is 5.11 Å². The lowest BCUT2D eigenvalue weighted by molar-refractivity contribution is 0.477. The van der Waals surface area contributed by atoms with Crippen LogP contribution in [0, 0.1) is 12.8 Å². The highest BCUT2D eigenvalue weighted by atomic mass is 16.3. The molecule has 1 unspecified atom stereocenters. The lowest BCUT2D eigenvalue weighted by Gasteiger charge is -2.16. The number of aromatic nitrogens is 2. The van der Waals surface area contributed by atoms with E-state index in [1.54, 1.807) is 24.4 Å². The Morgan fingerprint density at radius 3 is 2.68 bits per heavy atom. The van der Waals surface area contributed by atoms with Crippen molar-refractivity contribution in [3.8, 4) is 17.1 Å². The molecule has 22 heavy (non-hydrogen) atoms. The standard InChI is InChI=1S/C17H24N4O/c1-11(2)8-13(18)10-20-16-12(3)9-19-17(21-16)14-6-4-5-7-15(14)22/h4-7,9,11,13,22H,8,10,18H2,1-3H3,(H,19,20,21). The molecule has 5 heteroatoms. The first-order valence-corrected chi connectivity index (χ1v) is 7.58. The van der Waals surface area contributed by atoms with E-state index in [1.807, 2.05) is 13.0 Å². The molecule has 1 atom stereocenters. The van der Waals surface area contributed by atoms with Crippen LogP contribution >= 0.6 is 0 Å². The number of hydrogen-bond acceptors (Lipinski definition) is 5. The molecule has 2 rings (SSSR count). The van der Waals surface area contributed by atoms with Gasteiger partial charge in [0, 0.05) is 24.3 Å². The maximum atomic E-state index is 9.92. The first kappa shape index (κ1) is 16.2. The van der Waals surface area contributed by atoms with Gasteiger partial charge < -0.3 is 16.2 Å². The molecule has 1 aromatic heterocycles. The second-order valence-corrected chi connectivity index (χ2v) is 6.01. The van der Waals surface area contributed by atoms with Crippen LogP contribution in [0.3, 0.4) is 0 Å². The van der Waals surface area contributed by atoms with Crippen LogP contribution in [0.25, 0.3) is 11.4 Å². The van der Waals surface area contributed by atoms with Crippen molar-refractivity contribution in [2.75, 3.05) is 11.9 Å². The summed E-state index contributed by atoms with van der Waals surface area (Å²) in [7, 11) is 0. The van der Waals surface area contributed by atoms with Gasteiger partial charge in [-0.05, 0) is 31.4 Å². The number of aromatic hydroxyl groups is 1. The van der Waals surface area contributed by atoms with Crippen molar-refractivity contribution in [2.24, 2.45) is 11.7 Å². The zero-order valence-corrected chi connectivity index (χ0v) is 13.4. The molecule has 1 heterocycles. The number of hydrogen-bond donors (Lipinski definition) is 3. The molecule has 4 N–H and O–H groups in total. The normalized spacial score (nSPS) is 12.4. The lowest BCUT2D eigenvalue weighted by Crippen LogP contribution is -2.30. The predicted molar refractivity (Wildman–Crippen MR) is 89.8 cm³/mol. The number of para-hydroxylation sites is 1. The summed E-state index contributed by atoms with van der Waals surface area (Å²) in [6.07, 6.45) is 2.72. The van der Waals surface area contributed by atoms with Crippen LogP contribution in [0.2, 0.25) is 0 Å². The fourth-order valence-corrected chi connectivity index (χ4v) is 2.33. The summed E-state index contributed by atoms with van der Waals surface area (Å²) in [5.41, 5.74) is 7.68. The Bertz CT molecular complexity index is 628. The third kappa shape index (κ3) is 4.18. The molecule has 0 spiro atoms. The molecule has 0 aliphatic heterocycles. The molecule has 0 aliphatic rings. The zero-order chi connectivity index (χ0) is 16.1. The van der Waals surface area contributed by atoms with E-state index in [0.29, 0.717) is 23.9 Å². The number of benzene rings is 1. The average Bonchev–Trinajstić information content (AvgIpc) is 2.46. The van der Waals surface area contributed by atoms with Gasteiger partial charge in [-0.15, -0.1) is 0 Å². The van der Waals surface area contributed by atoms with Gasteiger partial charge in [0.25, 0.3) is 0 Å². The van der Waals surface area contributed by atoms with Gasteiger partial charge in [-0.25, -0.2) is 9.97 Å². The molecule has 2 aromatic rings. The molecular formula is C17H24N4O. The Morgan fingerprint density at radius 1 is 1.27 bits per heavy atom. The van der Waals surface area contributed by atoms with Gasteiger partial charge in [0.05, 0.1) is 5.56 Å². The average molecular weight is 300 g/mol. The predicted octanol–water partition coefficient (Wildman–Crippen LogP) is 2.94. The van der Waals surface area contributed by atoms with Crippen LogP contribution in [0.15, 0.2) is 30.5 Å². The van der Waals surface area contributed by atoms with Crippen molar-refractivity contribution in [2.45, 2.75) is 33.2 Å². The molecule has 0 saturated heterocycles. The van der Waals surface area contributed by atoms with Crippen LogP contribution in [-0.2, 0) is 0 Å². The third-order valence-electron chi connectivity index (χ3n) is 3.42. The highest BCUT2D eigenvalue weighted by molar-refractivity contribution is 5.65. The van der Waals surface area contributed by atoms with Gasteiger partial charge in [0.15, 0.2) is 5.82 Å². The van der Waals surface area contributed by atoms with Gasteiger partial charge in [0.2, 0.25) is 0 Å². The molecule has 0 bridgehead atoms. The highest BCUT2D eigenvalue weighted by Gasteiger charge is 2.11. The van der Waals surface area contributed by atoms with Gasteiger partial charge in [-0.1, -0.05) is 26.0 Å². The maximum Gasteiger partial charge on any atom is 0.165 e. The third-order valence-corrected chi connectivity index (χ3v) is 3.42. The fourth-order valence-electron chi connectivity index (χ4n) is 2.33. The summed E-state index contributed by atoms with van der Waals surface area (Å²) in [6, 6.07) is 7.14. The van der Waals surface area contributed by atoms with E-state index >= 15 is 0 Å². The quantitative estimate of drug-likeness (QED) is 0.764. The van der Waals surface area contributed by atoms with E-state index in [9.17, 15) is 5.11 Å². The summed E-state index contributed by atoms with van der Waals surface area (Å²) in [6.45, 7) is 6.93. The summed E-state index contributed by atoms with van der Waals surface area (Å²) >= 11 is 0.